The molecule has 19 heavy (non-hydrogen) atoms. The first kappa shape index (κ1) is 13.4. The van der Waals surface area contributed by atoms with Gasteiger partial charge in [0, 0.05) is 17.1 Å². The molecule has 1 heterocycles. The first-order valence-corrected chi connectivity index (χ1v) is 8.27. The second-order valence-corrected chi connectivity index (χ2v) is 6.69. The van der Waals surface area contributed by atoms with Crippen LogP contribution in [0.3, 0.4) is 0 Å². The highest BCUT2D eigenvalue weighted by Crippen LogP contribution is 2.28. The number of ether oxygens (including phenoxy) is 1. The smallest absolute Gasteiger partial charge is 0.120 e. The van der Waals surface area contributed by atoms with Gasteiger partial charge in [0.25, 0.3) is 0 Å². The summed E-state index contributed by atoms with van der Waals surface area (Å²) in [6.45, 7) is 2.38. The van der Waals surface area contributed by atoms with Gasteiger partial charge >= 0.3 is 0 Å². The number of hydrogen-bond acceptors (Lipinski definition) is 2. The summed E-state index contributed by atoms with van der Waals surface area (Å²) < 4.78 is 7.25. The summed E-state index contributed by atoms with van der Waals surface area (Å²) in [4.78, 5) is 2.67. The SMILES string of the molecule is Brc1cccc(OC2CCCN(C3CCCC3)C2)c1. The van der Waals surface area contributed by atoms with Crippen molar-refractivity contribution in [1.82, 2.24) is 4.90 Å². The van der Waals surface area contributed by atoms with Gasteiger partial charge in [-0.15, -0.1) is 0 Å². The van der Waals surface area contributed by atoms with Gasteiger partial charge in [0.2, 0.25) is 0 Å². The number of halogens is 1. The maximum atomic E-state index is 6.15. The molecule has 0 bridgehead atoms. The molecule has 3 heteroatoms. The van der Waals surface area contributed by atoms with Crippen LogP contribution in [0.2, 0.25) is 0 Å². The monoisotopic (exact) mass is 323 g/mol. The van der Waals surface area contributed by atoms with Gasteiger partial charge in [-0.3, -0.25) is 4.90 Å². The molecule has 1 unspecified atom stereocenters. The maximum Gasteiger partial charge on any atom is 0.120 e. The number of rotatable bonds is 3. The van der Waals surface area contributed by atoms with E-state index < -0.39 is 0 Å². The predicted octanol–water partition coefficient (Wildman–Crippen LogP) is 4.23. The Labute approximate surface area is 124 Å². The summed E-state index contributed by atoms with van der Waals surface area (Å²) in [7, 11) is 0. The first-order chi connectivity index (χ1) is 9.31. The lowest BCUT2D eigenvalue weighted by molar-refractivity contribution is 0.0629. The molecule has 1 saturated carbocycles. The third kappa shape index (κ3) is 3.51. The molecule has 0 spiro atoms. The second kappa shape index (κ2) is 6.27. The van der Waals surface area contributed by atoms with E-state index in [0.29, 0.717) is 6.10 Å². The van der Waals surface area contributed by atoms with Gasteiger partial charge < -0.3 is 4.74 Å². The normalized spacial score (nSPS) is 25.6. The lowest BCUT2D eigenvalue weighted by Gasteiger charge is -2.36. The number of hydrogen-bond donors (Lipinski definition) is 0. The fourth-order valence-corrected chi connectivity index (χ4v) is 3.77. The van der Waals surface area contributed by atoms with E-state index >= 15 is 0 Å². The number of likely N-dealkylation sites (tertiary alicyclic amines) is 1. The van der Waals surface area contributed by atoms with Crippen molar-refractivity contribution < 1.29 is 4.74 Å². The van der Waals surface area contributed by atoms with E-state index in [-0.39, 0.29) is 0 Å². The van der Waals surface area contributed by atoms with Crippen molar-refractivity contribution in [3.05, 3.63) is 28.7 Å². The summed E-state index contributed by atoms with van der Waals surface area (Å²) >= 11 is 3.50. The van der Waals surface area contributed by atoms with Crippen molar-refractivity contribution in [2.75, 3.05) is 13.1 Å². The van der Waals surface area contributed by atoms with Gasteiger partial charge in [-0.2, -0.15) is 0 Å². The largest absolute Gasteiger partial charge is 0.489 e. The summed E-state index contributed by atoms with van der Waals surface area (Å²) in [6.07, 6.45) is 8.44. The van der Waals surface area contributed by atoms with Crippen molar-refractivity contribution in [2.24, 2.45) is 0 Å². The topological polar surface area (TPSA) is 12.5 Å². The highest BCUT2D eigenvalue weighted by molar-refractivity contribution is 9.10. The average Bonchev–Trinajstić information content (AvgIpc) is 2.93. The molecule has 3 rings (SSSR count). The molecule has 0 N–H and O–H groups in total. The zero-order valence-corrected chi connectivity index (χ0v) is 12.9. The Morgan fingerprint density at radius 3 is 2.74 bits per heavy atom. The number of benzene rings is 1. The van der Waals surface area contributed by atoms with E-state index in [0.717, 1.165) is 22.8 Å². The van der Waals surface area contributed by atoms with Crippen LogP contribution in [0.4, 0.5) is 0 Å². The molecule has 0 amide bonds. The Hall–Kier alpha value is -0.540. The van der Waals surface area contributed by atoms with Crippen LogP contribution in [-0.2, 0) is 0 Å². The molecule has 1 atom stereocenters. The van der Waals surface area contributed by atoms with Gasteiger partial charge in [-0.1, -0.05) is 34.8 Å². The minimum atomic E-state index is 0.364. The van der Waals surface area contributed by atoms with E-state index in [1.54, 1.807) is 0 Å². The van der Waals surface area contributed by atoms with Gasteiger partial charge in [0.05, 0.1) is 0 Å². The molecule has 2 aliphatic rings. The molecule has 1 aromatic carbocycles. The number of piperidine rings is 1. The first-order valence-electron chi connectivity index (χ1n) is 7.47. The lowest BCUT2D eigenvalue weighted by atomic mass is 10.0. The Bertz CT molecular complexity index is 417. The average molecular weight is 324 g/mol. The standard InChI is InChI=1S/C16H22BrNO/c17-13-5-3-8-15(11-13)19-16-9-4-10-18(12-16)14-6-1-2-7-14/h3,5,8,11,14,16H,1-2,4,6-7,9-10,12H2. The molecule has 0 radical (unpaired) electrons. The Morgan fingerprint density at radius 2 is 1.95 bits per heavy atom. The Morgan fingerprint density at radius 1 is 1.11 bits per heavy atom. The summed E-state index contributed by atoms with van der Waals surface area (Å²) in [5, 5.41) is 0. The van der Waals surface area contributed by atoms with Crippen LogP contribution in [-0.4, -0.2) is 30.1 Å². The van der Waals surface area contributed by atoms with Gasteiger partial charge in [0.1, 0.15) is 11.9 Å². The van der Waals surface area contributed by atoms with E-state index in [9.17, 15) is 0 Å². The van der Waals surface area contributed by atoms with Gasteiger partial charge in [-0.05, 0) is 50.4 Å². The maximum absolute atomic E-state index is 6.15. The molecule has 2 fully saturated rings. The van der Waals surface area contributed by atoms with Gasteiger partial charge in [0.15, 0.2) is 0 Å². The molecule has 0 aromatic heterocycles. The van der Waals surface area contributed by atoms with Crippen molar-refractivity contribution >= 4 is 15.9 Å². The van der Waals surface area contributed by atoms with Gasteiger partial charge in [-0.25, -0.2) is 0 Å². The fraction of sp³-hybridized carbons (Fsp3) is 0.625. The quantitative estimate of drug-likeness (QED) is 0.825. The third-order valence-corrected chi connectivity index (χ3v) is 4.84. The molecule has 1 saturated heterocycles. The molecule has 1 aliphatic heterocycles. The van der Waals surface area contributed by atoms with Crippen molar-refractivity contribution in [3.8, 4) is 5.75 Å². The summed E-state index contributed by atoms with van der Waals surface area (Å²) in [6, 6.07) is 9.03. The minimum Gasteiger partial charge on any atom is -0.489 e. The van der Waals surface area contributed by atoms with E-state index in [4.69, 9.17) is 4.74 Å². The minimum absolute atomic E-state index is 0.364. The Balaban J connectivity index is 1.58. The van der Waals surface area contributed by atoms with Crippen LogP contribution in [0.25, 0.3) is 0 Å². The van der Waals surface area contributed by atoms with Crippen LogP contribution in [0, 0.1) is 0 Å². The van der Waals surface area contributed by atoms with Crippen LogP contribution < -0.4 is 4.74 Å². The molecule has 2 nitrogen and oxygen atoms in total. The van der Waals surface area contributed by atoms with Crippen LogP contribution >= 0.6 is 15.9 Å². The summed E-state index contributed by atoms with van der Waals surface area (Å²) in [5.74, 6) is 0.993. The third-order valence-electron chi connectivity index (χ3n) is 4.35. The number of nitrogens with zero attached hydrogens (tertiary/aromatic N) is 1. The lowest BCUT2D eigenvalue weighted by Crippen LogP contribution is -2.45. The van der Waals surface area contributed by atoms with Crippen molar-refractivity contribution in [1.29, 1.82) is 0 Å². The van der Waals surface area contributed by atoms with Crippen LogP contribution in [0.15, 0.2) is 28.7 Å². The fourth-order valence-electron chi connectivity index (χ4n) is 3.40. The highest BCUT2D eigenvalue weighted by Gasteiger charge is 2.28. The molecule has 1 aromatic rings. The Kier molecular flexibility index (Phi) is 4.44. The molecule has 1 aliphatic carbocycles. The molecular weight excluding hydrogens is 302 g/mol. The van der Waals surface area contributed by atoms with E-state index in [1.807, 2.05) is 12.1 Å². The summed E-state index contributed by atoms with van der Waals surface area (Å²) in [5.41, 5.74) is 0. The van der Waals surface area contributed by atoms with Crippen molar-refractivity contribution in [2.45, 2.75) is 50.7 Å². The zero-order valence-electron chi connectivity index (χ0n) is 11.4. The van der Waals surface area contributed by atoms with Crippen LogP contribution in [0.1, 0.15) is 38.5 Å². The highest BCUT2D eigenvalue weighted by atomic mass is 79.9. The molecule has 104 valence electrons. The zero-order chi connectivity index (χ0) is 13.1. The van der Waals surface area contributed by atoms with E-state index in [2.05, 4.69) is 33.0 Å². The predicted molar refractivity (Wildman–Crippen MR) is 81.6 cm³/mol. The second-order valence-electron chi connectivity index (χ2n) is 5.77. The van der Waals surface area contributed by atoms with Crippen LogP contribution in [0.5, 0.6) is 5.75 Å². The van der Waals surface area contributed by atoms with E-state index in [1.165, 1.54) is 45.1 Å². The van der Waals surface area contributed by atoms with Crippen molar-refractivity contribution in [3.63, 3.8) is 0 Å². The molecular formula is C16H22BrNO.